The molecule has 0 unspecified atom stereocenters. The number of nitrogens with two attached hydrogens (primary N) is 1. The fraction of sp³-hybridized carbons (Fsp3) is 0.833. The first-order valence-corrected chi connectivity index (χ1v) is 7.67. The lowest BCUT2D eigenvalue weighted by Gasteiger charge is -2.20. The Bertz CT molecular complexity index is 283. The average Bonchev–Trinajstić information content (AvgIpc) is 2.39. The minimum atomic E-state index is -0.529. The van der Waals surface area contributed by atoms with Gasteiger partial charge in [0.05, 0.1) is 12.6 Å². The summed E-state index contributed by atoms with van der Waals surface area (Å²) < 4.78 is 4.88. The molecule has 0 aromatic carbocycles. The Hall–Kier alpha value is -0.500. The number of nitrogens with one attached hydrogen (secondary N) is 1. The number of hydrogen-bond acceptors (Lipinski definition) is 5. The van der Waals surface area contributed by atoms with Crippen molar-refractivity contribution in [1.29, 1.82) is 0 Å². The molecule has 3 N–H and O–H groups in total. The lowest BCUT2D eigenvalue weighted by molar-refractivity contribution is -0.135. The van der Waals surface area contributed by atoms with Crippen molar-refractivity contribution in [3.63, 3.8) is 0 Å². The highest BCUT2D eigenvalue weighted by molar-refractivity contribution is 7.98. The molecule has 0 aromatic rings. The number of carbonyl (C=O) groups excluding carboxylic acids is 2. The molecule has 0 aliphatic carbocycles. The lowest BCUT2D eigenvalue weighted by atomic mass is 10.2. The number of rotatable bonds is 10. The van der Waals surface area contributed by atoms with Crippen LogP contribution < -0.4 is 11.1 Å². The van der Waals surface area contributed by atoms with E-state index in [2.05, 4.69) is 5.32 Å². The van der Waals surface area contributed by atoms with Gasteiger partial charge in [-0.3, -0.25) is 9.59 Å². The van der Waals surface area contributed by atoms with Crippen molar-refractivity contribution >= 4 is 36.0 Å². The van der Waals surface area contributed by atoms with E-state index >= 15 is 0 Å². The molecule has 2 amide bonds. The summed E-state index contributed by atoms with van der Waals surface area (Å²) >= 11 is 1.65. The van der Waals surface area contributed by atoms with Crippen molar-refractivity contribution in [2.45, 2.75) is 18.9 Å². The summed E-state index contributed by atoms with van der Waals surface area (Å²) in [6, 6.07) is -0.529. The van der Waals surface area contributed by atoms with Gasteiger partial charge >= 0.3 is 0 Å². The van der Waals surface area contributed by atoms with Crippen molar-refractivity contribution in [3.8, 4) is 0 Å². The Balaban J connectivity index is 0. The Labute approximate surface area is 131 Å². The molecule has 0 saturated carbocycles. The number of methoxy groups -OCH3 is 1. The third-order valence-electron chi connectivity index (χ3n) is 2.55. The van der Waals surface area contributed by atoms with E-state index in [0.29, 0.717) is 19.6 Å². The topological polar surface area (TPSA) is 84.7 Å². The zero-order valence-corrected chi connectivity index (χ0v) is 14.0. The summed E-state index contributed by atoms with van der Waals surface area (Å²) in [6.45, 7) is 1.20. The normalized spacial score (nSPS) is 11.4. The SMILES string of the molecule is COCCCNC(=O)CN(C)C(=O)[C@@H](N)CCSC.Cl. The fourth-order valence-corrected chi connectivity index (χ4v) is 1.93. The van der Waals surface area contributed by atoms with Crippen LogP contribution in [0.2, 0.25) is 0 Å². The minimum absolute atomic E-state index is 0. The van der Waals surface area contributed by atoms with Gasteiger partial charge in [-0.15, -0.1) is 12.4 Å². The highest BCUT2D eigenvalue weighted by Gasteiger charge is 2.19. The van der Waals surface area contributed by atoms with Gasteiger partial charge in [0.15, 0.2) is 0 Å². The molecule has 0 rings (SSSR count). The standard InChI is InChI=1S/C12H25N3O3S.ClH/c1-15(12(17)10(13)5-8-19-3)9-11(16)14-6-4-7-18-2;/h10H,4-9,13H2,1-3H3,(H,14,16);1H/t10-;/m0./s1. The van der Waals surface area contributed by atoms with Crippen LogP contribution in [0.15, 0.2) is 0 Å². The first kappa shape index (κ1) is 21.8. The third-order valence-corrected chi connectivity index (χ3v) is 3.20. The molecule has 0 saturated heterocycles. The third kappa shape index (κ3) is 10.3. The number of carbonyl (C=O) groups is 2. The summed E-state index contributed by atoms with van der Waals surface area (Å²) in [7, 11) is 3.21. The van der Waals surface area contributed by atoms with Crippen LogP contribution in [0.5, 0.6) is 0 Å². The molecule has 0 spiro atoms. The first-order chi connectivity index (χ1) is 9.02. The van der Waals surface area contributed by atoms with E-state index in [9.17, 15) is 9.59 Å². The molecule has 0 aliphatic heterocycles. The molecular weight excluding hydrogens is 302 g/mol. The van der Waals surface area contributed by atoms with E-state index in [0.717, 1.165) is 12.2 Å². The van der Waals surface area contributed by atoms with Gasteiger partial charge in [0.25, 0.3) is 0 Å². The number of hydrogen-bond donors (Lipinski definition) is 2. The van der Waals surface area contributed by atoms with E-state index in [1.165, 1.54) is 4.90 Å². The predicted octanol–water partition coefficient (Wildman–Crippen LogP) is 0.0997. The van der Waals surface area contributed by atoms with Crippen LogP contribution in [0.1, 0.15) is 12.8 Å². The maximum absolute atomic E-state index is 11.9. The van der Waals surface area contributed by atoms with E-state index < -0.39 is 6.04 Å². The van der Waals surface area contributed by atoms with Gasteiger partial charge < -0.3 is 20.7 Å². The summed E-state index contributed by atoms with van der Waals surface area (Å²) in [6.07, 6.45) is 3.35. The number of nitrogens with zero attached hydrogens (tertiary/aromatic N) is 1. The Kier molecular flexibility index (Phi) is 14.7. The molecule has 0 heterocycles. The van der Waals surface area contributed by atoms with Gasteiger partial charge in [-0.05, 0) is 24.9 Å². The van der Waals surface area contributed by atoms with E-state index in [1.54, 1.807) is 25.9 Å². The molecule has 0 fully saturated rings. The molecule has 0 bridgehead atoms. The monoisotopic (exact) mass is 327 g/mol. The molecule has 20 heavy (non-hydrogen) atoms. The van der Waals surface area contributed by atoms with Crippen molar-refractivity contribution in [1.82, 2.24) is 10.2 Å². The summed E-state index contributed by atoms with van der Waals surface area (Å²) in [5.41, 5.74) is 5.77. The predicted molar refractivity (Wildman–Crippen MR) is 85.4 cm³/mol. The van der Waals surface area contributed by atoms with Crippen LogP contribution in [-0.2, 0) is 14.3 Å². The first-order valence-electron chi connectivity index (χ1n) is 6.28. The number of ether oxygens (including phenoxy) is 1. The highest BCUT2D eigenvalue weighted by atomic mass is 35.5. The summed E-state index contributed by atoms with van der Waals surface area (Å²) in [5, 5.41) is 2.73. The van der Waals surface area contributed by atoms with Gasteiger partial charge in [-0.1, -0.05) is 0 Å². The van der Waals surface area contributed by atoms with Gasteiger partial charge in [-0.2, -0.15) is 11.8 Å². The van der Waals surface area contributed by atoms with Crippen LogP contribution in [0.4, 0.5) is 0 Å². The van der Waals surface area contributed by atoms with E-state index in [-0.39, 0.29) is 30.8 Å². The quantitative estimate of drug-likeness (QED) is 0.556. The van der Waals surface area contributed by atoms with Gasteiger partial charge in [0.2, 0.25) is 11.8 Å². The summed E-state index contributed by atoms with van der Waals surface area (Å²) in [4.78, 5) is 24.8. The molecule has 0 aromatic heterocycles. The Morgan fingerprint density at radius 1 is 1.45 bits per heavy atom. The molecule has 8 heteroatoms. The fourth-order valence-electron chi connectivity index (χ4n) is 1.44. The molecule has 0 radical (unpaired) electrons. The van der Waals surface area contributed by atoms with Crippen molar-refractivity contribution in [2.75, 3.05) is 45.9 Å². The molecular formula is C12H26ClN3O3S. The van der Waals surface area contributed by atoms with E-state index in [4.69, 9.17) is 10.5 Å². The van der Waals surface area contributed by atoms with Crippen LogP contribution >= 0.6 is 24.2 Å². The maximum Gasteiger partial charge on any atom is 0.239 e. The number of amides is 2. The number of halogens is 1. The molecule has 1 atom stereocenters. The van der Waals surface area contributed by atoms with Crippen LogP contribution in [0, 0.1) is 0 Å². The Morgan fingerprint density at radius 3 is 2.65 bits per heavy atom. The largest absolute Gasteiger partial charge is 0.385 e. The van der Waals surface area contributed by atoms with Crippen molar-refractivity contribution in [3.05, 3.63) is 0 Å². The molecule has 120 valence electrons. The summed E-state index contributed by atoms with van der Waals surface area (Å²) in [5.74, 6) is 0.467. The highest BCUT2D eigenvalue weighted by Crippen LogP contribution is 2.01. The van der Waals surface area contributed by atoms with Crippen LogP contribution in [-0.4, -0.2) is 68.6 Å². The lowest BCUT2D eigenvalue weighted by Crippen LogP contribution is -2.46. The van der Waals surface area contributed by atoms with E-state index in [1.807, 2.05) is 6.26 Å². The minimum Gasteiger partial charge on any atom is -0.385 e. The average molecular weight is 328 g/mol. The number of likely N-dealkylation sites (N-methyl/N-ethyl adjacent to an activating group) is 1. The van der Waals surface area contributed by atoms with Crippen LogP contribution in [0.3, 0.4) is 0 Å². The second-order valence-corrected chi connectivity index (χ2v) is 5.26. The van der Waals surface area contributed by atoms with Crippen LogP contribution in [0.25, 0.3) is 0 Å². The van der Waals surface area contributed by atoms with Gasteiger partial charge in [0.1, 0.15) is 0 Å². The zero-order chi connectivity index (χ0) is 14.7. The maximum atomic E-state index is 11.9. The second kappa shape index (κ2) is 13.5. The van der Waals surface area contributed by atoms with Gasteiger partial charge in [0, 0.05) is 27.3 Å². The molecule has 6 nitrogen and oxygen atoms in total. The van der Waals surface area contributed by atoms with Crippen molar-refractivity contribution in [2.24, 2.45) is 5.73 Å². The zero-order valence-electron chi connectivity index (χ0n) is 12.4. The molecule has 0 aliphatic rings. The van der Waals surface area contributed by atoms with Crippen molar-refractivity contribution < 1.29 is 14.3 Å². The second-order valence-electron chi connectivity index (χ2n) is 4.28. The Morgan fingerprint density at radius 2 is 2.10 bits per heavy atom. The number of thioether (sulfide) groups is 1. The smallest absolute Gasteiger partial charge is 0.239 e. The van der Waals surface area contributed by atoms with Gasteiger partial charge in [-0.25, -0.2) is 0 Å².